The summed E-state index contributed by atoms with van der Waals surface area (Å²) in [5.41, 5.74) is 9.88. The molecule has 0 saturated carbocycles. The third-order valence-corrected chi connectivity index (χ3v) is 11.5. The molecule has 0 aliphatic heterocycles. The van der Waals surface area contributed by atoms with Gasteiger partial charge in [-0.2, -0.15) is 26.3 Å². The minimum Gasteiger partial charge on any atom is -0.309 e. The number of rotatable bonds is 4. The fourth-order valence-corrected chi connectivity index (χ4v) is 8.95. The lowest BCUT2D eigenvalue weighted by Crippen LogP contribution is -2.11. The smallest absolute Gasteiger partial charge is 0.309 e. The standard InChI is InChI=1S/C50H38F6N2/c1-27-13-17-41-37(21-27)38-22-28(2)14-18-42(38)57(41)47-31(5)45(33-9-7-11-35(25-33)49(51,52)53)48(46(32(47)6)34-10-8-12-36(26-34)50(54,55)56)58-43-19-15-29(3)23-39(43)40-24-30(4)16-20-44(40)58/h7-26H,1-6H3. The molecule has 2 aromatic heterocycles. The highest BCUT2D eigenvalue weighted by Crippen LogP contribution is 2.50. The van der Waals surface area contributed by atoms with E-state index in [9.17, 15) is 26.3 Å². The highest BCUT2D eigenvalue weighted by molar-refractivity contribution is 6.13. The van der Waals surface area contributed by atoms with Crippen molar-refractivity contribution in [2.45, 2.75) is 53.9 Å². The van der Waals surface area contributed by atoms with Crippen molar-refractivity contribution in [3.8, 4) is 33.6 Å². The number of aromatic nitrogens is 2. The van der Waals surface area contributed by atoms with Crippen LogP contribution in [-0.2, 0) is 12.4 Å². The average molecular weight is 781 g/mol. The van der Waals surface area contributed by atoms with E-state index < -0.39 is 23.5 Å². The molecule has 290 valence electrons. The van der Waals surface area contributed by atoms with Crippen LogP contribution in [-0.4, -0.2) is 9.13 Å². The molecule has 0 aliphatic rings. The molecule has 0 fully saturated rings. The van der Waals surface area contributed by atoms with Crippen LogP contribution in [0.2, 0.25) is 0 Å². The van der Waals surface area contributed by atoms with Gasteiger partial charge < -0.3 is 9.13 Å². The van der Waals surface area contributed by atoms with Gasteiger partial charge in [-0.1, -0.05) is 70.8 Å². The largest absolute Gasteiger partial charge is 0.416 e. The Bertz CT molecular complexity index is 2950. The number of halogens is 6. The highest BCUT2D eigenvalue weighted by atomic mass is 19.4. The molecule has 0 amide bonds. The van der Waals surface area contributed by atoms with E-state index in [1.54, 1.807) is 12.1 Å². The van der Waals surface area contributed by atoms with Crippen molar-refractivity contribution in [3.63, 3.8) is 0 Å². The summed E-state index contributed by atoms with van der Waals surface area (Å²) in [7, 11) is 0. The lowest BCUT2D eigenvalue weighted by molar-refractivity contribution is -0.138. The van der Waals surface area contributed by atoms with Gasteiger partial charge in [0.25, 0.3) is 0 Å². The van der Waals surface area contributed by atoms with Gasteiger partial charge in [-0.15, -0.1) is 0 Å². The zero-order valence-electron chi connectivity index (χ0n) is 32.7. The predicted molar refractivity (Wildman–Crippen MR) is 224 cm³/mol. The van der Waals surface area contributed by atoms with Gasteiger partial charge in [0.2, 0.25) is 0 Å². The van der Waals surface area contributed by atoms with E-state index in [0.29, 0.717) is 44.8 Å². The van der Waals surface area contributed by atoms with E-state index in [0.717, 1.165) is 90.1 Å². The van der Waals surface area contributed by atoms with E-state index in [1.807, 2.05) is 94.6 Å². The number of benzene rings is 7. The molecule has 0 radical (unpaired) electrons. The molecule has 2 heterocycles. The quantitative estimate of drug-likeness (QED) is 0.157. The number of hydrogen-bond donors (Lipinski definition) is 0. The number of nitrogens with zero attached hydrogens (tertiary/aromatic N) is 2. The molecule has 58 heavy (non-hydrogen) atoms. The monoisotopic (exact) mass is 780 g/mol. The molecule has 0 bridgehead atoms. The van der Waals surface area contributed by atoms with E-state index in [4.69, 9.17) is 0 Å². The normalized spacial score (nSPS) is 12.5. The van der Waals surface area contributed by atoms with Crippen LogP contribution in [0.15, 0.2) is 121 Å². The molecule has 0 aliphatic carbocycles. The molecule has 9 aromatic rings. The minimum atomic E-state index is -4.65. The number of alkyl halides is 6. The van der Waals surface area contributed by atoms with Crippen LogP contribution >= 0.6 is 0 Å². The maximum atomic E-state index is 14.6. The summed E-state index contributed by atoms with van der Waals surface area (Å²) in [6, 6.07) is 35.0. The SMILES string of the molecule is Cc1ccc2c(c1)c1cc(C)ccc1n2-c1c(C)c(-c2cccc(C(F)(F)F)c2)c(-n2c3ccc(C)cc3c3cc(C)ccc32)c(-c2cccc(C(F)(F)F)c2)c1C. The van der Waals surface area contributed by atoms with Crippen LogP contribution in [0.1, 0.15) is 44.5 Å². The zero-order valence-corrected chi connectivity index (χ0v) is 32.7. The van der Waals surface area contributed by atoms with Gasteiger partial charge in [-0.05, 0) is 137 Å². The number of hydrogen-bond acceptors (Lipinski definition) is 0. The van der Waals surface area contributed by atoms with Gasteiger partial charge >= 0.3 is 12.4 Å². The molecule has 0 atom stereocenters. The fourth-order valence-electron chi connectivity index (χ4n) is 8.95. The van der Waals surface area contributed by atoms with E-state index in [2.05, 4.69) is 28.8 Å². The summed E-state index contributed by atoms with van der Waals surface area (Å²) in [5, 5.41) is 3.85. The summed E-state index contributed by atoms with van der Waals surface area (Å²) in [4.78, 5) is 0. The zero-order chi connectivity index (χ0) is 41.0. The van der Waals surface area contributed by atoms with Crippen molar-refractivity contribution >= 4 is 43.6 Å². The van der Waals surface area contributed by atoms with Crippen LogP contribution in [0.25, 0.3) is 77.2 Å². The third kappa shape index (κ3) is 5.88. The summed E-state index contributed by atoms with van der Waals surface area (Å²) < 4.78 is 91.9. The van der Waals surface area contributed by atoms with Gasteiger partial charge in [-0.3, -0.25) is 0 Å². The second-order valence-electron chi connectivity index (χ2n) is 15.6. The maximum absolute atomic E-state index is 14.6. The van der Waals surface area contributed by atoms with E-state index >= 15 is 0 Å². The molecule has 9 rings (SSSR count). The minimum absolute atomic E-state index is 0.290. The first-order valence-electron chi connectivity index (χ1n) is 19.1. The summed E-state index contributed by atoms with van der Waals surface area (Å²) in [5.74, 6) is 0. The number of aryl methyl sites for hydroxylation is 4. The number of fused-ring (bicyclic) bond motifs is 6. The van der Waals surface area contributed by atoms with Crippen molar-refractivity contribution in [2.75, 3.05) is 0 Å². The van der Waals surface area contributed by atoms with Crippen LogP contribution in [0.5, 0.6) is 0 Å². The van der Waals surface area contributed by atoms with E-state index in [1.165, 1.54) is 12.1 Å². The topological polar surface area (TPSA) is 9.86 Å². The first-order valence-corrected chi connectivity index (χ1v) is 19.1. The van der Waals surface area contributed by atoms with Gasteiger partial charge in [0.15, 0.2) is 0 Å². The Morgan fingerprint density at radius 1 is 0.362 bits per heavy atom. The van der Waals surface area contributed by atoms with Crippen LogP contribution in [0.3, 0.4) is 0 Å². The van der Waals surface area contributed by atoms with Gasteiger partial charge in [0, 0.05) is 32.7 Å². The molecule has 7 aromatic carbocycles. The Morgan fingerprint density at radius 3 is 0.983 bits per heavy atom. The molecule has 2 nitrogen and oxygen atoms in total. The van der Waals surface area contributed by atoms with Crippen LogP contribution < -0.4 is 0 Å². The molecule has 0 unspecified atom stereocenters. The second-order valence-corrected chi connectivity index (χ2v) is 15.6. The third-order valence-electron chi connectivity index (χ3n) is 11.5. The average Bonchev–Trinajstić information content (AvgIpc) is 3.64. The van der Waals surface area contributed by atoms with Crippen molar-refractivity contribution in [1.82, 2.24) is 9.13 Å². The fraction of sp³-hybridized carbons (Fsp3) is 0.160. The Labute approximate surface area is 331 Å². The predicted octanol–water partition coefficient (Wildman–Crippen LogP) is 15.1. The van der Waals surface area contributed by atoms with E-state index in [-0.39, 0.29) is 0 Å². The Hall–Kier alpha value is -6.28. The first-order chi connectivity index (χ1) is 27.5. The Kier molecular flexibility index (Phi) is 8.45. The molecular weight excluding hydrogens is 743 g/mol. The second kappa shape index (κ2) is 13.1. The van der Waals surface area contributed by atoms with Crippen molar-refractivity contribution in [2.24, 2.45) is 0 Å². The Morgan fingerprint density at radius 2 is 0.672 bits per heavy atom. The summed E-state index contributed by atoms with van der Waals surface area (Å²) in [6.07, 6.45) is -9.29. The molecule has 8 heteroatoms. The van der Waals surface area contributed by atoms with Crippen molar-refractivity contribution < 1.29 is 26.3 Å². The molecule has 0 N–H and O–H groups in total. The lowest BCUT2D eigenvalue weighted by atomic mass is 9.86. The lowest BCUT2D eigenvalue weighted by Gasteiger charge is -2.28. The van der Waals surface area contributed by atoms with Crippen LogP contribution in [0.4, 0.5) is 26.3 Å². The summed E-state index contributed by atoms with van der Waals surface area (Å²) >= 11 is 0. The highest BCUT2D eigenvalue weighted by Gasteiger charge is 2.34. The first kappa shape index (κ1) is 37.3. The molecular formula is C50H38F6N2. The van der Waals surface area contributed by atoms with Gasteiger partial charge in [0.1, 0.15) is 0 Å². The van der Waals surface area contributed by atoms with Gasteiger partial charge in [-0.25, -0.2) is 0 Å². The van der Waals surface area contributed by atoms with Crippen molar-refractivity contribution in [3.05, 3.63) is 166 Å². The summed E-state index contributed by atoms with van der Waals surface area (Å²) in [6.45, 7) is 11.9. The van der Waals surface area contributed by atoms with Crippen molar-refractivity contribution in [1.29, 1.82) is 0 Å². The molecule has 0 saturated heterocycles. The maximum Gasteiger partial charge on any atom is 0.416 e. The Balaban J connectivity index is 1.57. The van der Waals surface area contributed by atoms with Gasteiger partial charge in [0.05, 0.1) is 44.6 Å². The van der Waals surface area contributed by atoms with Crippen LogP contribution in [0, 0.1) is 41.5 Å². The molecule has 0 spiro atoms.